The Hall–Kier alpha value is -0.890. The van der Waals surface area contributed by atoms with Gasteiger partial charge in [-0.25, -0.2) is 23.1 Å². The van der Waals surface area contributed by atoms with Crippen LogP contribution in [0, 0.1) is 21.0 Å². The van der Waals surface area contributed by atoms with Crippen LogP contribution < -0.4 is 0 Å². The zero-order valence-electron chi connectivity index (χ0n) is 8.02. The largest absolute Gasteiger partial charge is 0.235 e. The van der Waals surface area contributed by atoms with Crippen LogP contribution in [-0.2, 0) is 0 Å². The molecule has 0 saturated carbocycles. The fourth-order valence-electron chi connectivity index (χ4n) is 1.17. The molecule has 0 amide bonds. The van der Waals surface area contributed by atoms with E-state index in [9.17, 15) is 13.2 Å². The molecular weight excluding hydrogens is 367 g/mol. The van der Waals surface area contributed by atoms with E-state index < -0.39 is 17.5 Å². The smallest absolute Gasteiger partial charge is 0.194 e. The van der Waals surface area contributed by atoms with Gasteiger partial charge in [-0.15, -0.1) is 0 Å². The first-order valence-corrected chi connectivity index (χ1v) is 5.77. The molecule has 0 N–H and O–H groups in total. The molecule has 1 aromatic heterocycles. The maximum Gasteiger partial charge on any atom is 0.194 e. The second-order valence-corrected chi connectivity index (χ2v) is 4.61. The third-order valence-electron chi connectivity index (χ3n) is 1.94. The van der Waals surface area contributed by atoms with E-state index in [0.717, 1.165) is 12.1 Å². The standard InChI is InChI=1S/C10H3ClF3IN2/c11-9-7(15)3-16-10(17-9)4-1-5(12)8(14)6(13)2-4/h1-3H. The van der Waals surface area contributed by atoms with Gasteiger partial charge < -0.3 is 0 Å². The Bertz CT molecular complexity index is 569. The predicted molar refractivity (Wildman–Crippen MR) is 65.1 cm³/mol. The van der Waals surface area contributed by atoms with Crippen molar-refractivity contribution in [1.82, 2.24) is 9.97 Å². The first-order valence-electron chi connectivity index (χ1n) is 4.32. The number of rotatable bonds is 1. The van der Waals surface area contributed by atoms with E-state index in [1.165, 1.54) is 6.20 Å². The van der Waals surface area contributed by atoms with E-state index in [1.807, 2.05) is 22.6 Å². The topological polar surface area (TPSA) is 25.8 Å². The van der Waals surface area contributed by atoms with Gasteiger partial charge in [0.25, 0.3) is 0 Å². The molecule has 0 aliphatic heterocycles. The summed E-state index contributed by atoms with van der Waals surface area (Å²) in [5.41, 5.74) is 0.0275. The monoisotopic (exact) mass is 370 g/mol. The van der Waals surface area contributed by atoms with Crippen LogP contribution in [0.5, 0.6) is 0 Å². The summed E-state index contributed by atoms with van der Waals surface area (Å²) in [6.07, 6.45) is 1.41. The third-order valence-corrected chi connectivity index (χ3v) is 3.34. The first kappa shape index (κ1) is 12.6. The lowest BCUT2D eigenvalue weighted by atomic mass is 10.2. The minimum atomic E-state index is -1.52. The van der Waals surface area contributed by atoms with Gasteiger partial charge in [0.05, 0.1) is 3.57 Å². The van der Waals surface area contributed by atoms with Gasteiger partial charge in [-0.05, 0) is 34.7 Å². The Labute approximate surface area is 113 Å². The lowest BCUT2D eigenvalue weighted by molar-refractivity contribution is 0.447. The highest BCUT2D eigenvalue weighted by molar-refractivity contribution is 14.1. The second kappa shape index (κ2) is 4.77. The molecule has 0 aliphatic carbocycles. The van der Waals surface area contributed by atoms with Crippen molar-refractivity contribution < 1.29 is 13.2 Å². The number of benzene rings is 1. The molecule has 1 aromatic carbocycles. The van der Waals surface area contributed by atoms with Crippen LogP contribution in [0.1, 0.15) is 0 Å². The molecule has 0 atom stereocenters. The van der Waals surface area contributed by atoms with E-state index in [4.69, 9.17) is 11.6 Å². The van der Waals surface area contributed by atoms with Crippen LogP contribution in [0.4, 0.5) is 13.2 Å². The van der Waals surface area contributed by atoms with Crippen molar-refractivity contribution in [3.05, 3.63) is 44.5 Å². The van der Waals surface area contributed by atoms with Gasteiger partial charge in [0.1, 0.15) is 5.15 Å². The molecule has 2 nitrogen and oxygen atoms in total. The number of aromatic nitrogens is 2. The molecule has 0 bridgehead atoms. The summed E-state index contributed by atoms with van der Waals surface area (Å²) < 4.78 is 39.4. The van der Waals surface area contributed by atoms with Gasteiger partial charge in [0.15, 0.2) is 23.3 Å². The van der Waals surface area contributed by atoms with Crippen molar-refractivity contribution in [3.8, 4) is 11.4 Å². The Morgan fingerprint density at radius 1 is 1.12 bits per heavy atom. The highest BCUT2D eigenvalue weighted by Crippen LogP contribution is 2.23. The highest BCUT2D eigenvalue weighted by Gasteiger charge is 2.13. The highest BCUT2D eigenvalue weighted by atomic mass is 127. The van der Waals surface area contributed by atoms with Crippen molar-refractivity contribution in [3.63, 3.8) is 0 Å². The molecule has 0 fully saturated rings. The van der Waals surface area contributed by atoms with Gasteiger partial charge >= 0.3 is 0 Å². The van der Waals surface area contributed by atoms with Crippen LogP contribution in [0.2, 0.25) is 5.15 Å². The molecule has 17 heavy (non-hydrogen) atoms. The zero-order chi connectivity index (χ0) is 12.6. The first-order chi connectivity index (χ1) is 7.99. The minimum absolute atomic E-state index is 0.0275. The van der Waals surface area contributed by atoms with Gasteiger partial charge in [-0.1, -0.05) is 11.6 Å². The van der Waals surface area contributed by atoms with Crippen molar-refractivity contribution >= 4 is 34.2 Å². The molecule has 0 radical (unpaired) electrons. The summed E-state index contributed by atoms with van der Waals surface area (Å²) in [7, 11) is 0. The summed E-state index contributed by atoms with van der Waals surface area (Å²) in [5.74, 6) is -4.07. The van der Waals surface area contributed by atoms with E-state index >= 15 is 0 Å². The summed E-state index contributed by atoms with van der Waals surface area (Å²) in [6, 6.07) is 1.63. The molecule has 7 heteroatoms. The predicted octanol–water partition coefficient (Wildman–Crippen LogP) is 3.82. The van der Waals surface area contributed by atoms with Crippen molar-refractivity contribution in [2.24, 2.45) is 0 Å². The Balaban J connectivity index is 2.57. The Kier molecular flexibility index (Phi) is 3.53. The van der Waals surface area contributed by atoms with E-state index in [1.54, 1.807) is 0 Å². The fourth-order valence-corrected chi connectivity index (χ4v) is 1.56. The third kappa shape index (κ3) is 2.52. The molecule has 0 unspecified atom stereocenters. The van der Waals surface area contributed by atoms with Crippen LogP contribution >= 0.6 is 34.2 Å². The number of hydrogen-bond donors (Lipinski definition) is 0. The van der Waals surface area contributed by atoms with Crippen LogP contribution in [0.25, 0.3) is 11.4 Å². The minimum Gasteiger partial charge on any atom is -0.235 e. The summed E-state index contributed by atoms with van der Waals surface area (Å²) in [4.78, 5) is 7.71. The van der Waals surface area contributed by atoms with Crippen molar-refractivity contribution in [2.45, 2.75) is 0 Å². The van der Waals surface area contributed by atoms with E-state index in [0.29, 0.717) is 3.57 Å². The van der Waals surface area contributed by atoms with Gasteiger partial charge in [0, 0.05) is 11.8 Å². The number of nitrogens with zero attached hydrogens (tertiary/aromatic N) is 2. The summed E-state index contributed by atoms with van der Waals surface area (Å²) in [6.45, 7) is 0. The SMILES string of the molecule is Fc1cc(-c2ncc(I)c(Cl)n2)cc(F)c1F. The molecule has 2 rings (SSSR count). The lowest BCUT2D eigenvalue weighted by Crippen LogP contribution is -1.96. The molecule has 88 valence electrons. The normalized spacial score (nSPS) is 10.6. The Morgan fingerprint density at radius 3 is 2.24 bits per heavy atom. The lowest BCUT2D eigenvalue weighted by Gasteiger charge is -2.03. The molecule has 0 aliphatic rings. The van der Waals surface area contributed by atoms with Gasteiger partial charge in [-0.2, -0.15) is 0 Å². The summed E-state index contributed by atoms with van der Waals surface area (Å²) >= 11 is 7.67. The number of halogens is 5. The summed E-state index contributed by atoms with van der Waals surface area (Å²) in [5, 5.41) is 0.167. The zero-order valence-corrected chi connectivity index (χ0v) is 10.9. The van der Waals surface area contributed by atoms with Crippen LogP contribution in [-0.4, -0.2) is 9.97 Å². The van der Waals surface area contributed by atoms with Crippen LogP contribution in [0.15, 0.2) is 18.3 Å². The molecule has 2 aromatic rings. The van der Waals surface area contributed by atoms with Crippen LogP contribution in [0.3, 0.4) is 0 Å². The Morgan fingerprint density at radius 2 is 1.71 bits per heavy atom. The van der Waals surface area contributed by atoms with E-state index in [-0.39, 0.29) is 16.5 Å². The molecule has 1 heterocycles. The van der Waals surface area contributed by atoms with Gasteiger partial charge in [-0.3, -0.25) is 0 Å². The van der Waals surface area contributed by atoms with E-state index in [2.05, 4.69) is 9.97 Å². The average Bonchev–Trinajstić information content (AvgIpc) is 2.29. The maximum atomic E-state index is 13.0. The number of hydrogen-bond acceptors (Lipinski definition) is 2. The quantitative estimate of drug-likeness (QED) is 0.433. The van der Waals surface area contributed by atoms with Gasteiger partial charge in [0.2, 0.25) is 0 Å². The molecule has 0 spiro atoms. The average molecular weight is 370 g/mol. The molecule has 0 saturated heterocycles. The molecular formula is C10H3ClF3IN2. The second-order valence-electron chi connectivity index (χ2n) is 3.09. The van der Waals surface area contributed by atoms with Crippen molar-refractivity contribution in [2.75, 3.05) is 0 Å². The fraction of sp³-hybridized carbons (Fsp3) is 0. The van der Waals surface area contributed by atoms with Crippen molar-refractivity contribution in [1.29, 1.82) is 0 Å². The maximum absolute atomic E-state index is 13.0.